The maximum absolute atomic E-state index is 12.5. The minimum Gasteiger partial charge on any atom is -0.478 e. The van der Waals surface area contributed by atoms with Gasteiger partial charge in [-0.3, -0.25) is 4.79 Å². The van der Waals surface area contributed by atoms with E-state index >= 15 is 0 Å². The van der Waals surface area contributed by atoms with Crippen LogP contribution in [0.15, 0.2) is 60.8 Å². The molecule has 166 valence electrons. The van der Waals surface area contributed by atoms with Gasteiger partial charge in [-0.15, -0.1) is 0 Å². The smallest absolute Gasteiger partial charge is 0.397 e. The molecule has 6 nitrogen and oxygen atoms in total. The summed E-state index contributed by atoms with van der Waals surface area (Å²) in [5, 5.41) is 14.7. The number of carbonyl (C=O) groups is 2. The van der Waals surface area contributed by atoms with Crippen molar-refractivity contribution in [2.75, 3.05) is 10.6 Å². The van der Waals surface area contributed by atoms with Crippen LogP contribution in [-0.2, 0) is 11.3 Å². The first-order valence-electron chi connectivity index (χ1n) is 9.62. The topological polar surface area (TPSA) is 91.3 Å². The number of aromatic nitrogens is 1. The first-order chi connectivity index (χ1) is 15.1. The summed E-state index contributed by atoms with van der Waals surface area (Å²) in [5.74, 6) is -1.93. The maximum Gasteiger partial charge on any atom is 0.397 e. The van der Waals surface area contributed by atoms with Gasteiger partial charge in [-0.1, -0.05) is 42.5 Å². The predicted octanol–water partition coefficient (Wildman–Crippen LogP) is 5.26. The Morgan fingerprint density at radius 2 is 1.72 bits per heavy atom. The van der Waals surface area contributed by atoms with Crippen LogP contribution >= 0.6 is 0 Å². The van der Waals surface area contributed by atoms with Crippen molar-refractivity contribution in [3.63, 3.8) is 0 Å². The zero-order valence-corrected chi connectivity index (χ0v) is 17.0. The third-order valence-corrected chi connectivity index (χ3v) is 4.67. The number of rotatable bonds is 7. The molecule has 0 aliphatic heterocycles. The number of pyridine rings is 1. The van der Waals surface area contributed by atoms with Crippen LogP contribution in [0.4, 0.5) is 24.7 Å². The van der Waals surface area contributed by atoms with Crippen molar-refractivity contribution < 1.29 is 27.9 Å². The van der Waals surface area contributed by atoms with E-state index in [2.05, 4.69) is 15.6 Å². The molecule has 3 aromatic rings. The summed E-state index contributed by atoms with van der Waals surface area (Å²) in [5.41, 5.74) is 3.11. The van der Waals surface area contributed by atoms with E-state index in [1.165, 1.54) is 12.3 Å². The van der Waals surface area contributed by atoms with E-state index < -0.39 is 24.5 Å². The van der Waals surface area contributed by atoms with E-state index in [9.17, 15) is 27.9 Å². The number of nitrogens with one attached hydrogen (secondary N) is 2. The van der Waals surface area contributed by atoms with Gasteiger partial charge in [0.2, 0.25) is 5.91 Å². The van der Waals surface area contributed by atoms with Crippen LogP contribution in [0.3, 0.4) is 0 Å². The van der Waals surface area contributed by atoms with E-state index in [0.717, 1.165) is 11.1 Å². The molecule has 0 bridgehead atoms. The molecule has 1 amide bonds. The summed E-state index contributed by atoms with van der Waals surface area (Å²) in [6, 6.07) is 15.4. The van der Waals surface area contributed by atoms with Gasteiger partial charge in [0.15, 0.2) is 0 Å². The molecule has 0 unspecified atom stereocenters. The van der Waals surface area contributed by atoms with Gasteiger partial charge >= 0.3 is 12.1 Å². The van der Waals surface area contributed by atoms with Gasteiger partial charge < -0.3 is 15.7 Å². The Morgan fingerprint density at radius 1 is 1.03 bits per heavy atom. The molecule has 0 atom stereocenters. The number of anilines is 2. The molecule has 0 spiro atoms. The Labute approximate surface area is 182 Å². The van der Waals surface area contributed by atoms with Crippen LogP contribution in [0.5, 0.6) is 0 Å². The van der Waals surface area contributed by atoms with Gasteiger partial charge in [0.25, 0.3) is 0 Å². The Hall–Kier alpha value is -3.88. The lowest BCUT2D eigenvalue weighted by atomic mass is 9.99. The fourth-order valence-corrected chi connectivity index (χ4v) is 3.13. The van der Waals surface area contributed by atoms with Gasteiger partial charge in [-0.05, 0) is 41.3 Å². The van der Waals surface area contributed by atoms with Crippen molar-refractivity contribution >= 4 is 23.4 Å². The van der Waals surface area contributed by atoms with E-state index in [4.69, 9.17) is 0 Å². The molecule has 3 N–H and O–H groups in total. The monoisotopic (exact) mass is 443 g/mol. The highest BCUT2D eigenvalue weighted by atomic mass is 19.4. The summed E-state index contributed by atoms with van der Waals surface area (Å²) < 4.78 is 37.4. The zero-order chi connectivity index (χ0) is 23.3. The second-order valence-electron chi connectivity index (χ2n) is 7.09. The van der Waals surface area contributed by atoms with Gasteiger partial charge in [0.1, 0.15) is 12.2 Å². The Morgan fingerprint density at radius 3 is 2.38 bits per heavy atom. The number of carboxylic acids is 1. The highest BCUT2D eigenvalue weighted by molar-refractivity contribution is 5.96. The molecule has 0 fully saturated rings. The molecule has 1 heterocycles. The number of alkyl halides is 3. The lowest BCUT2D eigenvalue weighted by Gasteiger charge is -2.15. The van der Waals surface area contributed by atoms with Crippen molar-refractivity contribution in [1.29, 1.82) is 0 Å². The Kier molecular flexibility index (Phi) is 6.77. The minimum atomic E-state index is -4.60. The third kappa shape index (κ3) is 5.84. The van der Waals surface area contributed by atoms with Crippen molar-refractivity contribution in [1.82, 2.24) is 4.98 Å². The number of aryl methyl sites for hydroxylation is 1. The SMILES string of the molecule is Cc1ccnc(NCc2ccc(-c3ccccc3C(=O)O)cc2)c1NC(=O)CC(F)(F)F. The van der Waals surface area contributed by atoms with Crippen LogP contribution in [0.1, 0.15) is 27.9 Å². The average molecular weight is 443 g/mol. The fourth-order valence-electron chi connectivity index (χ4n) is 3.13. The third-order valence-electron chi connectivity index (χ3n) is 4.67. The van der Waals surface area contributed by atoms with Crippen molar-refractivity contribution in [3.05, 3.63) is 77.5 Å². The Balaban J connectivity index is 1.73. The minimum absolute atomic E-state index is 0.189. The standard InChI is InChI=1S/C23H20F3N3O3/c1-14-10-11-27-21(20(14)29-19(30)12-23(24,25)26)28-13-15-6-8-16(9-7-15)17-4-2-3-5-18(17)22(31)32/h2-11H,12-13H2,1H3,(H,27,28)(H,29,30)(H,31,32). The lowest BCUT2D eigenvalue weighted by molar-refractivity contribution is -0.150. The summed E-state index contributed by atoms with van der Waals surface area (Å²) in [6.07, 6.45) is -4.70. The molecule has 0 saturated heterocycles. The molecular formula is C23H20F3N3O3. The molecule has 0 aliphatic carbocycles. The van der Waals surface area contributed by atoms with Gasteiger partial charge in [0, 0.05) is 12.7 Å². The lowest BCUT2D eigenvalue weighted by Crippen LogP contribution is -2.22. The van der Waals surface area contributed by atoms with Crippen LogP contribution in [0.25, 0.3) is 11.1 Å². The highest BCUT2D eigenvalue weighted by Gasteiger charge is 2.31. The normalized spacial score (nSPS) is 11.1. The number of hydrogen-bond acceptors (Lipinski definition) is 4. The predicted molar refractivity (Wildman–Crippen MR) is 114 cm³/mol. The summed E-state index contributed by atoms with van der Waals surface area (Å²) in [4.78, 5) is 27.3. The summed E-state index contributed by atoms with van der Waals surface area (Å²) >= 11 is 0. The number of halogens is 3. The molecule has 3 rings (SSSR count). The molecular weight excluding hydrogens is 423 g/mol. The van der Waals surface area contributed by atoms with E-state index in [0.29, 0.717) is 17.7 Å². The second kappa shape index (κ2) is 9.51. The molecule has 32 heavy (non-hydrogen) atoms. The molecule has 9 heteroatoms. The van der Waals surface area contributed by atoms with Crippen LogP contribution in [-0.4, -0.2) is 28.1 Å². The van der Waals surface area contributed by atoms with Crippen molar-refractivity contribution in [3.8, 4) is 11.1 Å². The van der Waals surface area contributed by atoms with Crippen LogP contribution < -0.4 is 10.6 Å². The summed E-state index contributed by atoms with van der Waals surface area (Å²) in [7, 11) is 0. The first-order valence-corrected chi connectivity index (χ1v) is 9.62. The zero-order valence-electron chi connectivity index (χ0n) is 17.0. The van der Waals surface area contributed by atoms with Gasteiger partial charge in [-0.2, -0.15) is 13.2 Å². The van der Waals surface area contributed by atoms with Gasteiger partial charge in [-0.25, -0.2) is 9.78 Å². The maximum atomic E-state index is 12.5. The Bertz CT molecular complexity index is 1130. The molecule has 2 aromatic carbocycles. The molecule has 0 radical (unpaired) electrons. The molecule has 1 aromatic heterocycles. The number of carboxylic acid groups (broad SMARTS) is 1. The van der Waals surface area contributed by atoms with Crippen LogP contribution in [0, 0.1) is 6.92 Å². The largest absolute Gasteiger partial charge is 0.478 e. The fraction of sp³-hybridized carbons (Fsp3) is 0.174. The van der Waals surface area contributed by atoms with Crippen molar-refractivity contribution in [2.24, 2.45) is 0 Å². The number of carbonyl (C=O) groups excluding carboxylic acids is 1. The number of nitrogens with zero attached hydrogens (tertiary/aromatic N) is 1. The number of hydrogen-bond donors (Lipinski definition) is 3. The van der Waals surface area contributed by atoms with E-state index in [1.54, 1.807) is 55.5 Å². The number of amides is 1. The van der Waals surface area contributed by atoms with E-state index in [1.807, 2.05) is 0 Å². The van der Waals surface area contributed by atoms with Crippen molar-refractivity contribution in [2.45, 2.75) is 26.1 Å². The van der Waals surface area contributed by atoms with E-state index in [-0.39, 0.29) is 17.1 Å². The molecule has 0 saturated carbocycles. The quantitative estimate of drug-likeness (QED) is 0.464. The number of aromatic carboxylic acids is 1. The number of benzene rings is 2. The summed E-state index contributed by atoms with van der Waals surface area (Å²) in [6.45, 7) is 1.95. The highest BCUT2D eigenvalue weighted by Crippen LogP contribution is 2.27. The van der Waals surface area contributed by atoms with Crippen LogP contribution in [0.2, 0.25) is 0 Å². The average Bonchev–Trinajstić information content (AvgIpc) is 2.73. The molecule has 0 aliphatic rings. The first kappa shape index (κ1) is 22.8. The second-order valence-corrected chi connectivity index (χ2v) is 7.09. The van der Waals surface area contributed by atoms with Gasteiger partial charge in [0.05, 0.1) is 11.3 Å².